The van der Waals surface area contributed by atoms with Crippen molar-refractivity contribution in [1.82, 2.24) is 9.80 Å². The molecule has 2 saturated heterocycles. The Morgan fingerprint density at radius 2 is 1.90 bits per heavy atom. The van der Waals surface area contributed by atoms with E-state index in [1.807, 2.05) is 16.8 Å². The molecule has 0 aromatic carbocycles. The topological polar surface area (TPSA) is 53.8 Å². The highest BCUT2D eigenvalue weighted by molar-refractivity contribution is 5.95. The van der Waals surface area contributed by atoms with E-state index in [1.54, 1.807) is 19.3 Å². The largest absolute Gasteiger partial charge is 0.469 e. The number of amides is 2. The minimum atomic E-state index is -0.211. The lowest BCUT2D eigenvalue weighted by molar-refractivity contribution is -0.137. The average molecular weight is 276 g/mol. The molecule has 3 heterocycles. The van der Waals surface area contributed by atoms with E-state index in [0.717, 1.165) is 25.8 Å². The molecule has 3 rings (SSSR count). The van der Waals surface area contributed by atoms with Crippen LogP contribution in [0.1, 0.15) is 35.4 Å². The Morgan fingerprint density at radius 1 is 1.25 bits per heavy atom. The number of furan rings is 1. The van der Waals surface area contributed by atoms with Crippen LogP contribution in [0.2, 0.25) is 0 Å². The number of piperidine rings is 1. The first-order valence-electron chi connectivity index (χ1n) is 7.12. The van der Waals surface area contributed by atoms with Crippen LogP contribution in [0.25, 0.3) is 0 Å². The summed E-state index contributed by atoms with van der Waals surface area (Å²) in [6, 6.07) is 1.72. The second kappa shape index (κ2) is 4.65. The van der Waals surface area contributed by atoms with Gasteiger partial charge in [-0.05, 0) is 32.3 Å². The number of carbonyl (C=O) groups excluding carboxylic acids is 2. The predicted octanol–water partition coefficient (Wildman–Crippen LogP) is 1.67. The molecule has 0 bridgehead atoms. The van der Waals surface area contributed by atoms with Crippen molar-refractivity contribution in [3.63, 3.8) is 0 Å². The summed E-state index contributed by atoms with van der Waals surface area (Å²) in [5.41, 5.74) is 0.424. The van der Waals surface area contributed by atoms with Gasteiger partial charge >= 0.3 is 0 Å². The maximum Gasteiger partial charge on any atom is 0.257 e. The normalized spacial score (nSPS) is 21.8. The molecule has 20 heavy (non-hydrogen) atoms. The molecular weight excluding hydrogens is 256 g/mol. The first-order chi connectivity index (χ1) is 9.53. The lowest BCUT2D eigenvalue weighted by Crippen LogP contribution is -2.46. The van der Waals surface area contributed by atoms with Crippen LogP contribution in [0.3, 0.4) is 0 Å². The second-order valence-electron chi connectivity index (χ2n) is 5.94. The molecule has 1 spiro atoms. The summed E-state index contributed by atoms with van der Waals surface area (Å²) in [5.74, 6) is 0.931. The van der Waals surface area contributed by atoms with Gasteiger partial charge in [-0.15, -0.1) is 0 Å². The molecule has 0 saturated carbocycles. The smallest absolute Gasteiger partial charge is 0.257 e. The minimum Gasteiger partial charge on any atom is -0.469 e. The Morgan fingerprint density at radius 3 is 2.40 bits per heavy atom. The van der Waals surface area contributed by atoms with Gasteiger partial charge in [0, 0.05) is 26.7 Å². The number of rotatable bonds is 1. The van der Waals surface area contributed by atoms with Crippen LogP contribution in [0.15, 0.2) is 16.7 Å². The fourth-order valence-corrected chi connectivity index (χ4v) is 3.37. The molecule has 0 unspecified atom stereocenters. The van der Waals surface area contributed by atoms with Crippen LogP contribution < -0.4 is 0 Å². The Balaban J connectivity index is 1.69. The third kappa shape index (κ3) is 1.92. The van der Waals surface area contributed by atoms with Gasteiger partial charge in [-0.2, -0.15) is 0 Å². The molecule has 0 N–H and O–H groups in total. The first-order valence-corrected chi connectivity index (χ1v) is 7.12. The van der Waals surface area contributed by atoms with Crippen molar-refractivity contribution in [3.8, 4) is 0 Å². The van der Waals surface area contributed by atoms with Gasteiger partial charge in [0.25, 0.3) is 5.91 Å². The third-order valence-electron chi connectivity index (χ3n) is 4.82. The molecule has 108 valence electrons. The number of aryl methyl sites for hydroxylation is 1. The van der Waals surface area contributed by atoms with Crippen LogP contribution in [0.5, 0.6) is 0 Å². The Hall–Kier alpha value is -1.78. The van der Waals surface area contributed by atoms with E-state index in [1.165, 1.54) is 0 Å². The summed E-state index contributed by atoms with van der Waals surface area (Å²) < 4.78 is 5.19. The minimum absolute atomic E-state index is 0.0184. The molecule has 2 amide bonds. The lowest BCUT2D eigenvalue weighted by Gasteiger charge is -2.37. The second-order valence-corrected chi connectivity index (χ2v) is 5.94. The van der Waals surface area contributed by atoms with Crippen molar-refractivity contribution in [1.29, 1.82) is 0 Å². The van der Waals surface area contributed by atoms with Crippen molar-refractivity contribution in [3.05, 3.63) is 23.7 Å². The van der Waals surface area contributed by atoms with E-state index in [9.17, 15) is 9.59 Å². The monoisotopic (exact) mass is 276 g/mol. The van der Waals surface area contributed by atoms with Crippen molar-refractivity contribution < 1.29 is 14.0 Å². The number of likely N-dealkylation sites (tertiary alicyclic amines) is 2. The lowest BCUT2D eigenvalue weighted by atomic mass is 9.77. The zero-order chi connectivity index (χ0) is 14.3. The molecule has 0 radical (unpaired) electrons. The van der Waals surface area contributed by atoms with E-state index < -0.39 is 0 Å². The van der Waals surface area contributed by atoms with Gasteiger partial charge in [0.05, 0.1) is 17.2 Å². The van der Waals surface area contributed by atoms with Crippen molar-refractivity contribution >= 4 is 11.8 Å². The van der Waals surface area contributed by atoms with Gasteiger partial charge in [0.1, 0.15) is 5.76 Å². The van der Waals surface area contributed by atoms with Crippen LogP contribution in [0, 0.1) is 12.3 Å². The number of carbonyl (C=O) groups is 2. The first kappa shape index (κ1) is 13.2. The quantitative estimate of drug-likeness (QED) is 0.784. The zero-order valence-corrected chi connectivity index (χ0v) is 12.0. The SMILES string of the molecule is Cc1occc1C(=O)N1CCC2(CCN(C)C2=O)CC1. The molecule has 0 atom stereocenters. The molecule has 1 aromatic rings. The van der Waals surface area contributed by atoms with Gasteiger partial charge in [-0.25, -0.2) is 0 Å². The van der Waals surface area contributed by atoms with Gasteiger partial charge in [-0.1, -0.05) is 0 Å². The Labute approximate surface area is 118 Å². The molecule has 1 aromatic heterocycles. The summed E-state index contributed by atoms with van der Waals surface area (Å²) in [4.78, 5) is 28.3. The summed E-state index contributed by atoms with van der Waals surface area (Å²) in [6.45, 7) is 3.95. The Kier molecular flexibility index (Phi) is 3.07. The Bertz CT molecular complexity index is 541. The number of hydrogen-bond donors (Lipinski definition) is 0. The zero-order valence-electron chi connectivity index (χ0n) is 12.0. The maximum absolute atomic E-state index is 12.4. The maximum atomic E-state index is 12.4. The molecule has 2 aliphatic rings. The summed E-state index contributed by atoms with van der Waals surface area (Å²) in [6.07, 6.45) is 4.02. The number of hydrogen-bond acceptors (Lipinski definition) is 3. The molecule has 2 fully saturated rings. The standard InChI is InChI=1S/C15H20N2O3/c1-11-12(3-10-20-11)13(18)17-8-5-15(6-9-17)4-7-16(2)14(15)19/h3,10H,4-9H2,1-2H3. The van der Waals surface area contributed by atoms with Gasteiger partial charge < -0.3 is 14.2 Å². The molecular formula is C15H20N2O3. The van der Waals surface area contributed by atoms with Gasteiger partial charge in [0.2, 0.25) is 5.91 Å². The van der Waals surface area contributed by atoms with Gasteiger partial charge in [0.15, 0.2) is 0 Å². The molecule has 0 aliphatic carbocycles. The molecule has 2 aliphatic heterocycles. The van der Waals surface area contributed by atoms with E-state index in [4.69, 9.17) is 4.42 Å². The van der Waals surface area contributed by atoms with E-state index >= 15 is 0 Å². The highest BCUT2D eigenvalue weighted by Crippen LogP contribution is 2.41. The van der Waals surface area contributed by atoms with E-state index in [2.05, 4.69) is 0 Å². The fraction of sp³-hybridized carbons (Fsp3) is 0.600. The van der Waals surface area contributed by atoms with Crippen LogP contribution in [-0.4, -0.2) is 48.3 Å². The highest BCUT2D eigenvalue weighted by atomic mass is 16.3. The summed E-state index contributed by atoms with van der Waals surface area (Å²) in [5, 5.41) is 0. The van der Waals surface area contributed by atoms with E-state index in [-0.39, 0.29) is 17.2 Å². The van der Waals surface area contributed by atoms with Crippen molar-refractivity contribution in [2.24, 2.45) is 5.41 Å². The molecule has 5 heteroatoms. The molecule has 5 nitrogen and oxygen atoms in total. The predicted molar refractivity (Wildman–Crippen MR) is 73.3 cm³/mol. The van der Waals surface area contributed by atoms with Gasteiger partial charge in [-0.3, -0.25) is 9.59 Å². The summed E-state index contributed by atoms with van der Waals surface area (Å²) in [7, 11) is 1.86. The van der Waals surface area contributed by atoms with Crippen LogP contribution in [0.4, 0.5) is 0 Å². The third-order valence-corrected chi connectivity index (χ3v) is 4.82. The van der Waals surface area contributed by atoms with Crippen molar-refractivity contribution in [2.45, 2.75) is 26.2 Å². The fourth-order valence-electron chi connectivity index (χ4n) is 3.37. The van der Waals surface area contributed by atoms with Crippen LogP contribution in [-0.2, 0) is 4.79 Å². The van der Waals surface area contributed by atoms with Crippen LogP contribution >= 0.6 is 0 Å². The average Bonchev–Trinajstić information content (AvgIpc) is 2.99. The van der Waals surface area contributed by atoms with E-state index in [0.29, 0.717) is 24.4 Å². The summed E-state index contributed by atoms with van der Waals surface area (Å²) >= 11 is 0. The number of nitrogens with zero attached hydrogens (tertiary/aromatic N) is 2. The highest BCUT2D eigenvalue weighted by Gasteiger charge is 2.47. The van der Waals surface area contributed by atoms with Crippen molar-refractivity contribution in [2.75, 3.05) is 26.7 Å².